The van der Waals surface area contributed by atoms with Crippen molar-refractivity contribution in [1.82, 2.24) is 14.3 Å². The van der Waals surface area contributed by atoms with Crippen LogP contribution in [0.1, 0.15) is 35.1 Å². The molecule has 94 valence electrons. The van der Waals surface area contributed by atoms with Gasteiger partial charge in [-0.05, 0) is 12.8 Å². The smallest absolute Gasteiger partial charge is 0.358 e. The number of carboxylic acids is 1. The minimum absolute atomic E-state index is 0.106. The molecule has 2 aromatic heterocycles. The average molecular weight is 249 g/mol. The van der Waals surface area contributed by atoms with E-state index in [1.54, 1.807) is 17.0 Å². The first-order valence-corrected chi connectivity index (χ1v) is 5.61. The maximum Gasteiger partial charge on any atom is 0.358 e. The molecule has 1 saturated carbocycles. The number of hydrogen-bond donors (Lipinski definition) is 1. The molecule has 7 nitrogen and oxygen atoms in total. The van der Waals surface area contributed by atoms with Gasteiger partial charge in [0.05, 0.1) is 6.54 Å². The van der Waals surface area contributed by atoms with Crippen LogP contribution >= 0.6 is 0 Å². The minimum atomic E-state index is -1.15. The molecule has 1 aliphatic carbocycles. The molecule has 0 saturated heterocycles. The second-order valence-corrected chi connectivity index (χ2v) is 4.33. The van der Waals surface area contributed by atoms with E-state index in [-0.39, 0.29) is 17.9 Å². The van der Waals surface area contributed by atoms with Crippen LogP contribution in [0.15, 0.2) is 27.8 Å². The third kappa shape index (κ3) is 1.83. The number of aromatic carboxylic acids is 1. The standard InChI is InChI=1S/C11H11N3O4/c15-10(16)9-5-8(18-12-9)6-13-3-4-14(11(13)17)7-1-2-7/h3-5,7H,1-2,6H2,(H,15,16). The Morgan fingerprint density at radius 3 is 2.89 bits per heavy atom. The van der Waals surface area contributed by atoms with E-state index in [1.807, 2.05) is 0 Å². The summed E-state index contributed by atoms with van der Waals surface area (Å²) in [5, 5.41) is 12.1. The van der Waals surface area contributed by atoms with Crippen LogP contribution in [0.5, 0.6) is 0 Å². The number of hydrogen-bond acceptors (Lipinski definition) is 4. The Kier molecular flexibility index (Phi) is 2.32. The lowest BCUT2D eigenvalue weighted by atomic mass is 10.3. The van der Waals surface area contributed by atoms with Crippen molar-refractivity contribution in [2.75, 3.05) is 0 Å². The molecule has 18 heavy (non-hydrogen) atoms. The lowest BCUT2D eigenvalue weighted by molar-refractivity contribution is 0.0685. The van der Waals surface area contributed by atoms with Crippen molar-refractivity contribution in [2.45, 2.75) is 25.4 Å². The van der Waals surface area contributed by atoms with E-state index < -0.39 is 5.97 Å². The second-order valence-electron chi connectivity index (χ2n) is 4.33. The van der Waals surface area contributed by atoms with Gasteiger partial charge in [0.15, 0.2) is 11.5 Å². The van der Waals surface area contributed by atoms with E-state index in [1.165, 1.54) is 10.6 Å². The normalized spacial score (nSPS) is 14.9. The number of rotatable bonds is 4. The van der Waals surface area contributed by atoms with Gasteiger partial charge in [0, 0.05) is 24.5 Å². The predicted molar refractivity (Wildman–Crippen MR) is 59.5 cm³/mol. The van der Waals surface area contributed by atoms with Gasteiger partial charge in [-0.25, -0.2) is 9.59 Å². The van der Waals surface area contributed by atoms with Crippen molar-refractivity contribution in [2.24, 2.45) is 0 Å². The summed E-state index contributed by atoms with van der Waals surface area (Å²) >= 11 is 0. The first-order valence-electron chi connectivity index (χ1n) is 5.61. The number of aromatic nitrogens is 3. The summed E-state index contributed by atoms with van der Waals surface area (Å²) in [6, 6.07) is 1.64. The Hall–Kier alpha value is -2.31. The van der Waals surface area contributed by atoms with Gasteiger partial charge in [0.2, 0.25) is 0 Å². The van der Waals surface area contributed by atoms with E-state index in [0.717, 1.165) is 12.8 Å². The summed E-state index contributed by atoms with van der Waals surface area (Å²) < 4.78 is 8.04. The summed E-state index contributed by atoms with van der Waals surface area (Å²) in [6.07, 6.45) is 5.49. The summed E-state index contributed by atoms with van der Waals surface area (Å²) in [7, 11) is 0. The number of carbonyl (C=O) groups is 1. The van der Waals surface area contributed by atoms with Crippen molar-refractivity contribution >= 4 is 5.97 Å². The molecular weight excluding hydrogens is 238 g/mol. The van der Waals surface area contributed by atoms with Crippen LogP contribution in [0, 0.1) is 0 Å². The quantitative estimate of drug-likeness (QED) is 0.862. The Balaban J connectivity index is 1.83. The molecule has 2 heterocycles. The number of imidazole rings is 1. The first kappa shape index (κ1) is 10.8. The van der Waals surface area contributed by atoms with Crippen LogP contribution < -0.4 is 5.69 Å². The molecule has 0 radical (unpaired) electrons. The summed E-state index contributed by atoms with van der Waals surface area (Å²) in [5.74, 6) is -0.795. The van der Waals surface area contributed by atoms with Crippen molar-refractivity contribution < 1.29 is 14.4 Å². The van der Waals surface area contributed by atoms with Crippen LogP contribution in [0.4, 0.5) is 0 Å². The Labute approximate surface area is 101 Å². The Morgan fingerprint density at radius 1 is 1.50 bits per heavy atom. The molecule has 3 rings (SSSR count). The van der Waals surface area contributed by atoms with Crippen molar-refractivity contribution in [3.63, 3.8) is 0 Å². The Bertz CT molecular complexity index is 647. The van der Waals surface area contributed by atoms with Crippen LogP contribution in [0.2, 0.25) is 0 Å². The molecule has 0 unspecified atom stereocenters. The van der Waals surface area contributed by atoms with E-state index in [9.17, 15) is 9.59 Å². The predicted octanol–water partition coefficient (Wildman–Crippen LogP) is 0.719. The molecule has 0 spiro atoms. The van der Waals surface area contributed by atoms with Crippen LogP contribution in [0.3, 0.4) is 0 Å². The minimum Gasteiger partial charge on any atom is -0.476 e. The third-order valence-electron chi connectivity index (χ3n) is 2.92. The van der Waals surface area contributed by atoms with Crippen LogP contribution in [0.25, 0.3) is 0 Å². The van der Waals surface area contributed by atoms with E-state index in [2.05, 4.69) is 5.16 Å². The molecule has 7 heteroatoms. The van der Waals surface area contributed by atoms with Crippen molar-refractivity contribution in [1.29, 1.82) is 0 Å². The van der Waals surface area contributed by atoms with E-state index >= 15 is 0 Å². The van der Waals surface area contributed by atoms with Crippen molar-refractivity contribution in [3.05, 3.63) is 40.4 Å². The molecular formula is C11H11N3O4. The molecule has 0 aromatic carbocycles. The SMILES string of the molecule is O=C(O)c1cc(Cn2ccn(C3CC3)c2=O)on1. The Morgan fingerprint density at radius 2 is 2.28 bits per heavy atom. The van der Waals surface area contributed by atoms with Gasteiger partial charge in [-0.15, -0.1) is 0 Å². The van der Waals surface area contributed by atoms with Gasteiger partial charge in [-0.3, -0.25) is 9.13 Å². The molecule has 1 N–H and O–H groups in total. The summed E-state index contributed by atoms with van der Waals surface area (Å²) in [5.41, 5.74) is -0.259. The van der Waals surface area contributed by atoms with Gasteiger partial charge < -0.3 is 9.63 Å². The van der Waals surface area contributed by atoms with Crippen LogP contribution in [-0.2, 0) is 6.54 Å². The molecule has 1 aliphatic rings. The van der Waals surface area contributed by atoms with Gasteiger partial charge in [0.25, 0.3) is 0 Å². The fourth-order valence-corrected chi connectivity index (χ4v) is 1.84. The lowest BCUT2D eigenvalue weighted by Crippen LogP contribution is -2.23. The zero-order chi connectivity index (χ0) is 12.7. The van der Waals surface area contributed by atoms with E-state index in [4.69, 9.17) is 9.63 Å². The monoisotopic (exact) mass is 249 g/mol. The highest BCUT2D eigenvalue weighted by atomic mass is 16.5. The van der Waals surface area contributed by atoms with Gasteiger partial charge in [0.1, 0.15) is 0 Å². The molecule has 0 bridgehead atoms. The highest BCUT2D eigenvalue weighted by Gasteiger charge is 2.25. The van der Waals surface area contributed by atoms with Gasteiger partial charge >= 0.3 is 11.7 Å². The number of carboxylic acid groups (broad SMARTS) is 1. The molecule has 0 atom stereocenters. The highest BCUT2D eigenvalue weighted by molar-refractivity contribution is 5.85. The average Bonchev–Trinajstić information content (AvgIpc) is 2.95. The molecule has 0 aliphatic heterocycles. The topological polar surface area (TPSA) is 90.3 Å². The zero-order valence-electron chi connectivity index (χ0n) is 9.44. The van der Waals surface area contributed by atoms with Gasteiger partial charge in [-0.2, -0.15) is 0 Å². The number of nitrogens with zero attached hydrogens (tertiary/aromatic N) is 3. The summed E-state index contributed by atoms with van der Waals surface area (Å²) in [4.78, 5) is 22.6. The lowest BCUT2D eigenvalue weighted by Gasteiger charge is -1.97. The van der Waals surface area contributed by atoms with Crippen LogP contribution in [-0.4, -0.2) is 25.4 Å². The maximum atomic E-state index is 11.9. The zero-order valence-corrected chi connectivity index (χ0v) is 9.44. The molecule has 1 fully saturated rings. The highest BCUT2D eigenvalue weighted by Crippen LogP contribution is 2.33. The maximum absolute atomic E-state index is 11.9. The summed E-state index contributed by atoms with van der Waals surface area (Å²) in [6.45, 7) is 0.193. The third-order valence-corrected chi connectivity index (χ3v) is 2.92. The molecule has 2 aromatic rings. The largest absolute Gasteiger partial charge is 0.476 e. The first-order chi connectivity index (χ1) is 8.65. The van der Waals surface area contributed by atoms with Crippen molar-refractivity contribution in [3.8, 4) is 0 Å². The fraction of sp³-hybridized carbons (Fsp3) is 0.364. The molecule has 0 amide bonds. The fourth-order valence-electron chi connectivity index (χ4n) is 1.84. The van der Waals surface area contributed by atoms with Gasteiger partial charge in [-0.1, -0.05) is 5.16 Å². The van der Waals surface area contributed by atoms with E-state index in [0.29, 0.717) is 11.8 Å². The second kappa shape index (κ2) is 3.86.